The molecule has 1 aliphatic carbocycles. The van der Waals surface area contributed by atoms with E-state index in [0.29, 0.717) is 11.5 Å². The lowest BCUT2D eigenvalue weighted by atomic mass is 9.77. The van der Waals surface area contributed by atoms with E-state index in [2.05, 4.69) is 19.1 Å². The van der Waals surface area contributed by atoms with Crippen molar-refractivity contribution in [3.05, 3.63) is 59.2 Å². The van der Waals surface area contributed by atoms with Gasteiger partial charge in [0.05, 0.1) is 6.61 Å². The molecule has 1 fully saturated rings. The average molecular weight is 387 g/mol. The molecule has 0 spiro atoms. The van der Waals surface area contributed by atoms with Gasteiger partial charge in [0, 0.05) is 12.7 Å². The van der Waals surface area contributed by atoms with Gasteiger partial charge in [-0.05, 0) is 66.3 Å². The van der Waals surface area contributed by atoms with Crippen molar-refractivity contribution >= 4 is 0 Å². The van der Waals surface area contributed by atoms with Crippen LogP contribution >= 0.6 is 0 Å². The van der Waals surface area contributed by atoms with Crippen LogP contribution < -0.4 is 0 Å². The highest BCUT2D eigenvalue weighted by Gasteiger charge is 2.22. The topological polar surface area (TPSA) is 9.23 Å². The van der Waals surface area contributed by atoms with Crippen LogP contribution in [-0.2, 0) is 11.3 Å². The molecule has 0 N–H and O–H groups in total. The Morgan fingerprint density at radius 3 is 2.11 bits per heavy atom. The Morgan fingerprint density at radius 1 is 0.893 bits per heavy atom. The Kier molecular flexibility index (Phi) is 7.61. The fourth-order valence-electron chi connectivity index (χ4n) is 4.47. The van der Waals surface area contributed by atoms with Gasteiger partial charge in [-0.2, -0.15) is 0 Å². The molecule has 0 heterocycles. The summed E-state index contributed by atoms with van der Waals surface area (Å²) in [5.74, 6) is 0.414. The highest BCUT2D eigenvalue weighted by molar-refractivity contribution is 5.64. The van der Waals surface area contributed by atoms with E-state index in [1.807, 2.05) is 12.1 Å². The first kappa shape index (κ1) is 21.0. The first-order valence-electron chi connectivity index (χ1n) is 10.7. The standard InChI is InChI=1S/C25H32F2O/c1-3-4-5-6-18-7-9-19(10-8-18)20-11-13-21(14-12-20)22-15-24(26)23(17-28-2)25(27)16-22/h11-16,18-19H,3-10,17H2,1-2H3. The molecule has 0 aliphatic heterocycles. The fraction of sp³-hybridized carbons (Fsp3) is 0.520. The third kappa shape index (κ3) is 5.20. The molecule has 0 saturated heterocycles. The van der Waals surface area contributed by atoms with Crippen molar-refractivity contribution in [3.8, 4) is 11.1 Å². The van der Waals surface area contributed by atoms with Crippen molar-refractivity contribution in [3.63, 3.8) is 0 Å². The molecule has 0 bridgehead atoms. The van der Waals surface area contributed by atoms with Gasteiger partial charge in [0.2, 0.25) is 0 Å². The zero-order valence-corrected chi connectivity index (χ0v) is 17.1. The number of hydrogen-bond donors (Lipinski definition) is 0. The predicted molar refractivity (Wildman–Crippen MR) is 111 cm³/mol. The number of hydrogen-bond acceptors (Lipinski definition) is 1. The van der Waals surface area contributed by atoms with Crippen LogP contribution in [0.1, 0.15) is 75.3 Å². The van der Waals surface area contributed by atoms with E-state index in [4.69, 9.17) is 4.74 Å². The molecule has 1 saturated carbocycles. The third-order valence-electron chi connectivity index (χ3n) is 6.21. The smallest absolute Gasteiger partial charge is 0.132 e. The summed E-state index contributed by atoms with van der Waals surface area (Å²) < 4.78 is 33.2. The van der Waals surface area contributed by atoms with E-state index in [0.717, 1.165) is 11.5 Å². The van der Waals surface area contributed by atoms with Gasteiger partial charge < -0.3 is 4.74 Å². The van der Waals surface area contributed by atoms with Crippen molar-refractivity contribution < 1.29 is 13.5 Å². The molecule has 2 aromatic carbocycles. The summed E-state index contributed by atoms with van der Waals surface area (Å²) in [6.45, 7) is 2.20. The molecule has 3 rings (SSSR count). The first-order chi connectivity index (χ1) is 13.6. The third-order valence-corrected chi connectivity index (χ3v) is 6.21. The van der Waals surface area contributed by atoms with E-state index < -0.39 is 11.6 Å². The molecule has 2 aromatic rings. The Bertz CT molecular complexity index is 723. The maximum Gasteiger partial charge on any atom is 0.132 e. The van der Waals surface area contributed by atoms with Crippen LogP contribution in [0, 0.1) is 17.6 Å². The number of benzene rings is 2. The molecule has 0 radical (unpaired) electrons. The summed E-state index contributed by atoms with van der Waals surface area (Å²) in [6.07, 6.45) is 10.6. The summed E-state index contributed by atoms with van der Waals surface area (Å²) in [7, 11) is 1.43. The van der Waals surface area contributed by atoms with Crippen LogP contribution in [-0.4, -0.2) is 7.11 Å². The van der Waals surface area contributed by atoms with Gasteiger partial charge in [0.1, 0.15) is 11.6 Å². The van der Waals surface area contributed by atoms with Gasteiger partial charge in [-0.3, -0.25) is 0 Å². The van der Waals surface area contributed by atoms with Crippen molar-refractivity contribution in [2.45, 2.75) is 70.8 Å². The second kappa shape index (κ2) is 10.2. The second-order valence-corrected chi connectivity index (χ2v) is 8.19. The average Bonchev–Trinajstić information content (AvgIpc) is 2.71. The molecule has 1 nitrogen and oxygen atoms in total. The van der Waals surface area contributed by atoms with Crippen molar-refractivity contribution in [2.24, 2.45) is 5.92 Å². The lowest BCUT2D eigenvalue weighted by Crippen LogP contribution is -2.13. The molecule has 0 aromatic heterocycles. The summed E-state index contributed by atoms with van der Waals surface area (Å²) in [5.41, 5.74) is 2.76. The fourth-order valence-corrected chi connectivity index (χ4v) is 4.47. The SMILES string of the molecule is CCCCCC1CCC(c2ccc(-c3cc(F)c(COC)c(F)c3)cc2)CC1. The normalized spacial score (nSPS) is 19.7. The van der Waals surface area contributed by atoms with Gasteiger partial charge in [0.25, 0.3) is 0 Å². The monoisotopic (exact) mass is 386 g/mol. The van der Waals surface area contributed by atoms with E-state index in [-0.39, 0.29) is 12.2 Å². The number of unbranched alkanes of at least 4 members (excludes halogenated alkanes) is 2. The number of ether oxygens (including phenoxy) is 1. The summed E-state index contributed by atoms with van der Waals surface area (Å²) in [5, 5.41) is 0. The summed E-state index contributed by atoms with van der Waals surface area (Å²) >= 11 is 0. The van der Waals surface area contributed by atoms with E-state index in [9.17, 15) is 8.78 Å². The first-order valence-corrected chi connectivity index (χ1v) is 10.7. The van der Waals surface area contributed by atoms with Crippen LogP contribution in [0.4, 0.5) is 8.78 Å². The maximum atomic E-state index is 14.2. The van der Waals surface area contributed by atoms with Gasteiger partial charge in [-0.1, -0.05) is 56.9 Å². The van der Waals surface area contributed by atoms with Gasteiger partial charge >= 0.3 is 0 Å². The predicted octanol–water partition coefficient (Wildman–Crippen LogP) is 7.63. The number of rotatable bonds is 8. The minimum Gasteiger partial charge on any atom is -0.380 e. The highest BCUT2D eigenvalue weighted by Crippen LogP contribution is 2.38. The maximum absolute atomic E-state index is 14.2. The van der Waals surface area contributed by atoms with Crippen molar-refractivity contribution in [2.75, 3.05) is 7.11 Å². The van der Waals surface area contributed by atoms with E-state index >= 15 is 0 Å². The van der Waals surface area contributed by atoms with E-state index in [1.54, 1.807) is 0 Å². The minimum atomic E-state index is -0.553. The quantitative estimate of drug-likeness (QED) is 0.424. The number of methoxy groups -OCH3 is 1. The molecular formula is C25H32F2O. The lowest BCUT2D eigenvalue weighted by molar-refractivity contribution is 0.177. The molecule has 0 atom stereocenters. The lowest BCUT2D eigenvalue weighted by Gasteiger charge is -2.29. The van der Waals surface area contributed by atoms with Crippen LogP contribution in [0.2, 0.25) is 0 Å². The van der Waals surface area contributed by atoms with Gasteiger partial charge in [-0.15, -0.1) is 0 Å². The summed E-state index contributed by atoms with van der Waals surface area (Å²) in [4.78, 5) is 0. The van der Waals surface area contributed by atoms with Gasteiger partial charge in [-0.25, -0.2) is 8.78 Å². The Hall–Kier alpha value is -1.74. The molecular weight excluding hydrogens is 354 g/mol. The Labute approximate surface area is 168 Å². The molecule has 28 heavy (non-hydrogen) atoms. The molecule has 0 unspecified atom stereocenters. The van der Waals surface area contributed by atoms with Gasteiger partial charge in [0.15, 0.2) is 0 Å². The Balaban J connectivity index is 1.63. The Morgan fingerprint density at radius 2 is 1.54 bits per heavy atom. The molecule has 152 valence electrons. The minimum absolute atomic E-state index is 0.0152. The van der Waals surface area contributed by atoms with Crippen molar-refractivity contribution in [1.82, 2.24) is 0 Å². The zero-order valence-electron chi connectivity index (χ0n) is 17.1. The summed E-state index contributed by atoms with van der Waals surface area (Å²) in [6, 6.07) is 11.0. The second-order valence-electron chi connectivity index (χ2n) is 8.19. The highest BCUT2D eigenvalue weighted by atomic mass is 19.1. The zero-order chi connectivity index (χ0) is 19.9. The van der Waals surface area contributed by atoms with Crippen LogP contribution in [0.25, 0.3) is 11.1 Å². The van der Waals surface area contributed by atoms with Crippen LogP contribution in [0.3, 0.4) is 0 Å². The molecule has 0 amide bonds. The van der Waals surface area contributed by atoms with Crippen molar-refractivity contribution in [1.29, 1.82) is 0 Å². The van der Waals surface area contributed by atoms with E-state index in [1.165, 1.54) is 76.2 Å². The largest absolute Gasteiger partial charge is 0.380 e. The van der Waals surface area contributed by atoms with Crippen LogP contribution in [0.5, 0.6) is 0 Å². The van der Waals surface area contributed by atoms with Crippen LogP contribution in [0.15, 0.2) is 36.4 Å². The number of halogens is 2. The molecule has 1 aliphatic rings. The molecule has 3 heteroatoms.